The summed E-state index contributed by atoms with van der Waals surface area (Å²) in [5.74, 6) is -0.750. The number of carbonyl (C=O) groups excluding carboxylic acids is 1. The molecule has 0 radical (unpaired) electrons. The quantitative estimate of drug-likeness (QED) is 0.771. The van der Waals surface area contributed by atoms with Crippen molar-refractivity contribution in [1.29, 1.82) is 0 Å². The molecule has 5 heteroatoms. The molecule has 0 saturated carbocycles. The molecule has 0 saturated heterocycles. The number of nitrogens with two attached hydrogens (primary N) is 1. The van der Waals surface area contributed by atoms with Crippen LogP contribution in [0, 0.1) is 5.82 Å². The zero-order valence-electron chi connectivity index (χ0n) is 7.89. The van der Waals surface area contributed by atoms with Crippen LogP contribution in [0.25, 0.3) is 0 Å². The first-order chi connectivity index (χ1) is 7.11. The van der Waals surface area contributed by atoms with E-state index in [1.54, 1.807) is 0 Å². The third-order valence-electron chi connectivity index (χ3n) is 2.52. The Morgan fingerprint density at radius 1 is 1.60 bits per heavy atom. The lowest BCUT2D eigenvalue weighted by atomic mass is 9.91. The Hall–Kier alpha value is -1.13. The van der Waals surface area contributed by atoms with Gasteiger partial charge in [0.15, 0.2) is 0 Å². The predicted octanol–water partition coefficient (Wildman–Crippen LogP) is 1.86. The summed E-state index contributed by atoms with van der Waals surface area (Å²) in [7, 11) is 0. The summed E-state index contributed by atoms with van der Waals surface area (Å²) in [5.41, 5.74) is 6.84. The maximum Gasteiger partial charge on any atom is 0.225 e. The first kappa shape index (κ1) is 10.4. The lowest BCUT2D eigenvalue weighted by Gasteiger charge is -2.24. The van der Waals surface area contributed by atoms with Crippen molar-refractivity contribution in [3.63, 3.8) is 0 Å². The summed E-state index contributed by atoms with van der Waals surface area (Å²) < 4.78 is 13.2. The minimum absolute atomic E-state index is 0.0587. The van der Waals surface area contributed by atoms with Gasteiger partial charge in [-0.15, -0.1) is 0 Å². The molecule has 0 fully saturated rings. The molecule has 1 aliphatic rings. The Morgan fingerprint density at radius 3 is 3.00 bits per heavy atom. The number of halogens is 2. The SMILES string of the molecule is NCC1CC(=O)Nc2cc(F)c(Cl)cc21. The van der Waals surface area contributed by atoms with Gasteiger partial charge in [0.25, 0.3) is 0 Å². The highest BCUT2D eigenvalue weighted by Gasteiger charge is 2.25. The van der Waals surface area contributed by atoms with E-state index in [1.807, 2.05) is 0 Å². The van der Waals surface area contributed by atoms with Gasteiger partial charge in [-0.1, -0.05) is 11.6 Å². The van der Waals surface area contributed by atoms with Gasteiger partial charge in [-0.3, -0.25) is 4.79 Å². The summed E-state index contributed by atoms with van der Waals surface area (Å²) in [6.45, 7) is 0.350. The molecule has 3 N–H and O–H groups in total. The average Bonchev–Trinajstić information content (AvgIpc) is 2.19. The van der Waals surface area contributed by atoms with Crippen molar-refractivity contribution in [1.82, 2.24) is 0 Å². The van der Waals surface area contributed by atoms with Crippen LogP contribution in [0.4, 0.5) is 10.1 Å². The van der Waals surface area contributed by atoms with Gasteiger partial charge in [0.1, 0.15) is 5.82 Å². The molecule has 1 aromatic carbocycles. The largest absolute Gasteiger partial charge is 0.330 e. The zero-order valence-corrected chi connectivity index (χ0v) is 8.64. The summed E-state index contributed by atoms with van der Waals surface area (Å²) in [5, 5.41) is 2.66. The first-order valence-electron chi connectivity index (χ1n) is 4.60. The van der Waals surface area contributed by atoms with Crippen LogP contribution >= 0.6 is 11.6 Å². The van der Waals surface area contributed by atoms with E-state index in [4.69, 9.17) is 17.3 Å². The van der Waals surface area contributed by atoms with Crippen LogP contribution in [-0.2, 0) is 4.79 Å². The maximum absolute atomic E-state index is 13.2. The van der Waals surface area contributed by atoms with E-state index in [-0.39, 0.29) is 16.8 Å². The fraction of sp³-hybridized carbons (Fsp3) is 0.300. The number of carbonyl (C=O) groups is 1. The molecule has 1 aromatic rings. The summed E-state index contributed by atoms with van der Waals surface area (Å²) in [6.07, 6.45) is 0.325. The van der Waals surface area contributed by atoms with Gasteiger partial charge in [-0.05, 0) is 24.2 Å². The van der Waals surface area contributed by atoms with Crippen molar-refractivity contribution in [3.8, 4) is 0 Å². The number of nitrogens with one attached hydrogen (secondary N) is 1. The van der Waals surface area contributed by atoms with Gasteiger partial charge in [0, 0.05) is 18.0 Å². The molecule has 0 bridgehead atoms. The summed E-state index contributed by atoms with van der Waals surface area (Å²) in [6, 6.07) is 2.76. The molecule has 1 unspecified atom stereocenters. The van der Waals surface area contributed by atoms with Crippen molar-refractivity contribution in [2.24, 2.45) is 5.73 Å². The highest BCUT2D eigenvalue weighted by atomic mass is 35.5. The lowest BCUT2D eigenvalue weighted by Crippen LogP contribution is -2.27. The molecular weight excluding hydrogens is 219 g/mol. The van der Waals surface area contributed by atoms with E-state index in [0.29, 0.717) is 18.7 Å². The van der Waals surface area contributed by atoms with Crippen LogP contribution in [-0.4, -0.2) is 12.5 Å². The number of anilines is 1. The first-order valence-corrected chi connectivity index (χ1v) is 4.98. The summed E-state index contributed by atoms with van der Waals surface area (Å²) in [4.78, 5) is 11.3. The number of amides is 1. The van der Waals surface area contributed by atoms with Crippen LogP contribution < -0.4 is 11.1 Å². The Balaban J connectivity index is 2.51. The highest BCUT2D eigenvalue weighted by molar-refractivity contribution is 6.31. The fourth-order valence-electron chi connectivity index (χ4n) is 1.75. The van der Waals surface area contributed by atoms with Crippen molar-refractivity contribution in [2.75, 3.05) is 11.9 Å². The predicted molar refractivity (Wildman–Crippen MR) is 56.5 cm³/mol. The topological polar surface area (TPSA) is 55.1 Å². The second kappa shape index (κ2) is 3.79. The van der Waals surface area contributed by atoms with E-state index < -0.39 is 5.82 Å². The normalized spacial score (nSPS) is 19.7. The van der Waals surface area contributed by atoms with Crippen LogP contribution in [0.5, 0.6) is 0 Å². The molecule has 80 valence electrons. The summed E-state index contributed by atoms with van der Waals surface area (Å²) >= 11 is 5.68. The van der Waals surface area contributed by atoms with Crippen LogP contribution in [0.1, 0.15) is 17.9 Å². The average molecular weight is 229 g/mol. The van der Waals surface area contributed by atoms with Crippen LogP contribution in [0.2, 0.25) is 5.02 Å². The minimum Gasteiger partial charge on any atom is -0.330 e. The van der Waals surface area contributed by atoms with Crippen molar-refractivity contribution >= 4 is 23.2 Å². The Morgan fingerprint density at radius 2 is 2.33 bits per heavy atom. The number of fused-ring (bicyclic) bond motifs is 1. The smallest absolute Gasteiger partial charge is 0.225 e. The van der Waals surface area contributed by atoms with E-state index in [1.165, 1.54) is 12.1 Å². The molecule has 0 aromatic heterocycles. The minimum atomic E-state index is -0.534. The monoisotopic (exact) mass is 228 g/mol. The van der Waals surface area contributed by atoms with Crippen molar-refractivity contribution < 1.29 is 9.18 Å². The van der Waals surface area contributed by atoms with Gasteiger partial charge in [0.2, 0.25) is 5.91 Å². The molecule has 3 nitrogen and oxygen atoms in total. The third kappa shape index (κ3) is 1.82. The number of rotatable bonds is 1. The zero-order chi connectivity index (χ0) is 11.0. The van der Waals surface area contributed by atoms with Gasteiger partial charge in [0.05, 0.1) is 5.02 Å². The van der Waals surface area contributed by atoms with E-state index >= 15 is 0 Å². The Bertz CT molecular complexity index is 422. The molecule has 1 aliphatic heterocycles. The molecule has 1 heterocycles. The Kier molecular flexibility index (Phi) is 2.63. The molecular formula is C10H10ClFN2O. The standard InChI is InChI=1S/C10H10ClFN2O/c11-7-2-6-5(4-13)1-10(15)14-9(6)3-8(7)12/h2-3,5H,1,4,13H2,(H,14,15). The Labute approximate surface area is 91.4 Å². The van der Waals surface area contributed by atoms with Gasteiger partial charge >= 0.3 is 0 Å². The van der Waals surface area contributed by atoms with Gasteiger partial charge in [-0.25, -0.2) is 4.39 Å². The van der Waals surface area contributed by atoms with Crippen molar-refractivity contribution in [2.45, 2.75) is 12.3 Å². The van der Waals surface area contributed by atoms with Gasteiger partial charge in [-0.2, -0.15) is 0 Å². The van der Waals surface area contributed by atoms with E-state index in [2.05, 4.69) is 5.32 Å². The van der Waals surface area contributed by atoms with Crippen LogP contribution in [0.3, 0.4) is 0 Å². The molecule has 1 amide bonds. The van der Waals surface area contributed by atoms with E-state index in [9.17, 15) is 9.18 Å². The molecule has 1 atom stereocenters. The second-order valence-electron chi connectivity index (χ2n) is 3.54. The lowest BCUT2D eigenvalue weighted by molar-refractivity contribution is -0.116. The van der Waals surface area contributed by atoms with Crippen LogP contribution in [0.15, 0.2) is 12.1 Å². The number of hydrogen-bond acceptors (Lipinski definition) is 2. The molecule has 0 spiro atoms. The molecule has 2 rings (SSSR count). The number of hydrogen-bond donors (Lipinski definition) is 2. The highest BCUT2D eigenvalue weighted by Crippen LogP contribution is 2.34. The maximum atomic E-state index is 13.2. The van der Waals surface area contributed by atoms with Crippen molar-refractivity contribution in [3.05, 3.63) is 28.5 Å². The van der Waals surface area contributed by atoms with E-state index in [0.717, 1.165) is 5.56 Å². The molecule has 15 heavy (non-hydrogen) atoms. The van der Waals surface area contributed by atoms with Gasteiger partial charge < -0.3 is 11.1 Å². The number of benzene rings is 1. The third-order valence-corrected chi connectivity index (χ3v) is 2.81. The fourth-order valence-corrected chi connectivity index (χ4v) is 1.93. The second-order valence-corrected chi connectivity index (χ2v) is 3.95. The molecule has 0 aliphatic carbocycles.